The second-order valence-electron chi connectivity index (χ2n) is 9.27. The van der Waals surface area contributed by atoms with E-state index in [0.29, 0.717) is 0 Å². The molecular formula is C21H32O2. The molecule has 1 aromatic rings. The molecule has 0 N–H and O–H groups in total. The molecule has 0 aliphatic carbocycles. The zero-order chi connectivity index (χ0) is 17.6. The van der Waals surface area contributed by atoms with Crippen molar-refractivity contribution < 1.29 is 9.47 Å². The van der Waals surface area contributed by atoms with Gasteiger partial charge in [0.1, 0.15) is 17.6 Å². The third-order valence-corrected chi connectivity index (χ3v) is 4.63. The van der Waals surface area contributed by atoms with Gasteiger partial charge >= 0.3 is 0 Å². The number of hydrogen-bond donors (Lipinski definition) is 0. The van der Waals surface area contributed by atoms with Crippen molar-refractivity contribution in [3.05, 3.63) is 35.4 Å². The van der Waals surface area contributed by atoms with E-state index in [9.17, 15) is 0 Å². The van der Waals surface area contributed by atoms with Gasteiger partial charge in [-0.3, -0.25) is 0 Å². The van der Waals surface area contributed by atoms with E-state index in [1.54, 1.807) is 7.11 Å². The molecule has 0 fully saturated rings. The van der Waals surface area contributed by atoms with Gasteiger partial charge in [0, 0.05) is 11.0 Å². The van der Waals surface area contributed by atoms with E-state index in [0.717, 1.165) is 17.1 Å². The Bertz CT molecular complexity index is 609. The van der Waals surface area contributed by atoms with E-state index in [4.69, 9.17) is 9.47 Å². The van der Waals surface area contributed by atoms with Crippen molar-refractivity contribution in [2.24, 2.45) is 16.2 Å². The Morgan fingerprint density at radius 2 is 1.65 bits per heavy atom. The predicted molar refractivity (Wildman–Crippen MR) is 97.5 cm³/mol. The normalized spacial score (nSPS) is 21.3. The van der Waals surface area contributed by atoms with Crippen LogP contribution >= 0.6 is 0 Å². The fourth-order valence-corrected chi connectivity index (χ4v) is 4.29. The Hall–Kier alpha value is -1.44. The fraction of sp³-hybridized carbons (Fsp3) is 0.619. The SMILES string of the molecule is COc1cccc(C2=C(C(C)(C)C)C(C)(C)C(C(C)(C)C)O2)c1. The zero-order valence-electron chi connectivity index (χ0n) is 16.2. The summed E-state index contributed by atoms with van der Waals surface area (Å²) < 4.78 is 12.0. The van der Waals surface area contributed by atoms with Crippen LogP contribution in [0.3, 0.4) is 0 Å². The molecule has 1 atom stereocenters. The monoisotopic (exact) mass is 316 g/mol. The quantitative estimate of drug-likeness (QED) is 0.674. The first-order chi connectivity index (χ1) is 10.4. The Kier molecular flexibility index (Phi) is 4.34. The molecule has 23 heavy (non-hydrogen) atoms. The smallest absolute Gasteiger partial charge is 0.127 e. The average molecular weight is 316 g/mol. The lowest BCUT2D eigenvalue weighted by atomic mass is 9.64. The van der Waals surface area contributed by atoms with Crippen molar-refractivity contribution >= 4 is 5.76 Å². The summed E-state index contributed by atoms with van der Waals surface area (Å²) in [6.45, 7) is 18.2. The van der Waals surface area contributed by atoms with Crippen molar-refractivity contribution in [1.82, 2.24) is 0 Å². The van der Waals surface area contributed by atoms with Gasteiger partial charge in [0.25, 0.3) is 0 Å². The van der Waals surface area contributed by atoms with Crippen LogP contribution in [0.2, 0.25) is 0 Å². The minimum Gasteiger partial charge on any atom is -0.497 e. The van der Waals surface area contributed by atoms with E-state index in [1.165, 1.54) is 5.57 Å². The summed E-state index contributed by atoms with van der Waals surface area (Å²) in [6.07, 6.45) is 0.144. The molecule has 0 amide bonds. The molecule has 2 rings (SSSR count). The van der Waals surface area contributed by atoms with Gasteiger partial charge in [-0.25, -0.2) is 0 Å². The van der Waals surface area contributed by atoms with E-state index in [-0.39, 0.29) is 22.3 Å². The highest BCUT2D eigenvalue weighted by Gasteiger charge is 2.52. The summed E-state index contributed by atoms with van der Waals surface area (Å²) in [4.78, 5) is 0. The number of methoxy groups -OCH3 is 1. The van der Waals surface area contributed by atoms with Crippen LogP contribution < -0.4 is 4.74 Å². The lowest BCUT2D eigenvalue weighted by Crippen LogP contribution is -2.40. The zero-order valence-corrected chi connectivity index (χ0v) is 16.2. The number of ether oxygens (including phenoxy) is 2. The van der Waals surface area contributed by atoms with Crippen LogP contribution in [-0.4, -0.2) is 13.2 Å². The standard InChI is InChI=1S/C21H32O2/c1-19(2,3)17-16(14-11-10-12-15(13-14)22-9)23-18(20(4,5)6)21(17,7)8/h10-13,18H,1-9H3. The van der Waals surface area contributed by atoms with Gasteiger partial charge in [-0.1, -0.05) is 67.5 Å². The topological polar surface area (TPSA) is 18.5 Å². The first kappa shape index (κ1) is 17.9. The van der Waals surface area contributed by atoms with Gasteiger partial charge in [-0.2, -0.15) is 0 Å². The molecule has 1 aliphatic heterocycles. The second kappa shape index (κ2) is 5.58. The third-order valence-electron chi connectivity index (χ3n) is 4.63. The number of hydrogen-bond acceptors (Lipinski definition) is 2. The van der Waals surface area contributed by atoms with Crippen molar-refractivity contribution in [2.75, 3.05) is 7.11 Å². The van der Waals surface area contributed by atoms with Gasteiger partial charge in [0.15, 0.2) is 0 Å². The lowest BCUT2D eigenvalue weighted by molar-refractivity contribution is 0.00753. The maximum absolute atomic E-state index is 6.59. The second-order valence-corrected chi connectivity index (χ2v) is 9.27. The Morgan fingerprint density at radius 1 is 1.04 bits per heavy atom. The first-order valence-electron chi connectivity index (χ1n) is 8.45. The Labute approximate surface area is 141 Å². The maximum atomic E-state index is 6.59. The van der Waals surface area contributed by atoms with Crippen molar-refractivity contribution in [2.45, 2.75) is 61.5 Å². The molecule has 128 valence electrons. The largest absolute Gasteiger partial charge is 0.497 e. The van der Waals surface area contributed by atoms with Crippen LogP contribution in [0, 0.1) is 16.2 Å². The summed E-state index contributed by atoms with van der Waals surface area (Å²) in [5.74, 6) is 1.89. The highest BCUT2D eigenvalue weighted by molar-refractivity contribution is 5.69. The molecule has 1 unspecified atom stereocenters. The van der Waals surface area contributed by atoms with Crippen LogP contribution in [0.4, 0.5) is 0 Å². The molecule has 0 spiro atoms. The average Bonchev–Trinajstić information content (AvgIpc) is 2.70. The highest BCUT2D eigenvalue weighted by Crippen LogP contribution is 2.56. The molecule has 0 saturated carbocycles. The summed E-state index contributed by atoms with van der Waals surface area (Å²) in [5, 5.41) is 0. The lowest BCUT2D eigenvalue weighted by Gasteiger charge is -2.40. The van der Waals surface area contributed by atoms with E-state index < -0.39 is 0 Å². The summed E-state index contributed by atoms with van der Waals surface area (Å²) >= 11 is 0. The Balaban J connectivity index is 2.65. The summed E-state index contributed by atoms with van der Waals surface area (Å²) in [7, 11) is 1.70. The fourth-order valence-electron chi connectivity index (χ4n) is 4.29. The molecule has 0 aromatic heterocycles. The summed E-state index contributed by atoms with van der Waals surface area (Å²) in [5.41, 5.74) is 2.59. The molecule has 2 nitrogen and oxygen atoms in total. The van der Waals surface area contributed by atoms with E-state index in [1.807, 2.05) is 12.1 Å². The minimum absolute atomic E-state index is 0.0189. The van der Waals surface area contributed by atoms with Crippen molar-refractivity contribution in [3.63, 3.8) is 0 Å². The minimum atomic E-state index is -0.0189. The molecule has 1 aromatic carbocycles. The molecular weight excluding hydrogens is 284 g/mol. The van der Waals surface area contributed by atoms with Crippen LogP contribution in [-0.2, 0) is 4.74 Å². The van der Waals surface area contributed by atoms with Crippen molar-refractivity contribution in [1.29, 1.82) is 0 Å². The first-order valence-corrected chi connectivity index (χ1v) is 8.45. The van der Waals surface area contributed by atoms with Gasteiger partial charge in [0.2, 0.25) is 0 Å². The van der Waals surface area contributed by atoms with Crippen LogP contribution in [0.15, 0.2) is 29.8 Å². The van der Waals surface area contributed by atoms with Gasteiger partial charge in [-0.05, 0) is 28.5 Å². The molecule has 0 radical (unpaired) electrons. The highest BCUT2D eigenvalue weighted by atomic mass is 16.5. The summed E-state index contributed by atoms with van der Waals surface area (Å²) in [6, 6.07) is 8.19. The third kappa shape index (κ3) is 3.27. The van der Waals surface area contributed by atoms with Gasteiger partial charge in [-0.15, -0.1) is 0 Å². The molecule has 1 heterocycles. The van der Waals surface area contributed by atoms with Crippen LogP contribution in [0.1, 0.15) is 61.0 Å². The molecule has 2 heteroatoms. The van der Waals surface area contributed by atoms with Crippen LogP contribution in [0.25, 0.3) is 5.76 Å². The van der Waals surface area contributed by atoms with E-state index >= 15 is 0 Å². The molecule has 0 saturated heterocycles. The van der Waals surface area contributed by atoms with Crippen molar-refractivity contribution in [3.8, 4) is 5.75 Å². The maximum Gasteiger partial charge on any atom is 0.127 e. The Morgan fingerprint density at radius 3 is 2.13 bits per heavy atom. The van der Waals surface area contributed by atoms with Gasteiger partial charge in [0.05, 0.1) is 7.11 Å². The predicted octanol–water partition coefficient (Wildman–Crippen LogP) is 5.92. The van der Waals surface area contributed by atoms with Crippen LogP contribution in [0.5, 0.6) is 5.75 Å². The van der Waals surface area contributed by atoms with Gasteiger partial charge < -0.3 is 9.47 Å². The van der Waals surface area contributed by atoms with E-state index in [2.05, 4.69) is 67.5 Å². The number of rotatable bonds is 2. The molecule has 1 aliphatic rings. The number of benzene rings is 1. The molecule has 0 bridgehead atoms.